The number of nitrogens with zero attached hydrogens (tertiary/aromatic N) is 3. The molecule has 0 aromatic heterocycles. The summed E-state index contributed by atoms with van der Waals surface area (Å²) in [6, 6.07) is 12.1. The zero-order chi connectivity index (χ0) is 29.5. The summed E-state index contributed by atoms with van der Waals surface area (Å²) in [5.74, 6) is -1.74. The molecule has 0 aliphatic carbocycles. The monoisotopic (exact) mass is 631 g/mol. The van der Waals surface area contributed by atoms with Crippen molar-refractivity contribution in [2.75, 3.05) is 21.3 Å². The highest BCUT2D eigenvalue weighted by molar-refractivity contribution is 9.10. The fourth-order valence-corrected chi connectivity index (χ4v) is 3.60. The van der Waals surface area contributed by atoms with Gasteiger partial charge in [0.05, 0.1) is 22.2 Å². The van der Waals surface area contributed by atoms with E-state index in [1.807, 2.05) is 0 Å². The van der Waals surface area contributed by atoms with Gasteiger partial charge in [0.1, 0.15) is 44.6 Å². The molecule has 3 rings (SSSR count). The molecule has 0 amide bonds. The number of hydrogen-bond donors (Lipinski definition) is 0. The Kier molecular flexibility index (Phi) is 14.8. The van der Waals surface area contributed by atoms with E-state index in [-0.39, 0.29) is 16.4 Å². The van der Waals surface area contributed by atoms with E-state index in [0.717, 1.165) is 23.8 Å². The summed E-state index contributed by atoms with van der Waals surface area (Å²) in [7, 11) is 4.26. The first-order valence-electron chi connectivity index (χ1n) is 11.0. The topological polar surface area (TPSA) is 64.8 Å². The molecule has 0 N–H and O–H groups in total. The number of halogens is 6. The van der Waals surface area contributed by atoms with Crippen molar-refractivity contribution in [1.82, 2.24) is 0 Å². The highest BCUT2D eigenvalue weighted by Gasteiger charge is 2.07. The lowest BCUT2D eigenvalue weighted by atomic mass is 10.1. The van der Waals surface area contributed by atoms with Crippen molar-refractivity contribution in [1.29, 1.82) is 0 Å². The summed E-state index contributed by atoms with van der Waals surface area (Å²) in [6.07, 6.45) is 0. The third-order valence-electron chi connectivity index (χ3n) is 4.66. The van der Waals surface area contributed by atoms with Crippen LogP contribution in [0.15, 0.2) is 74.5 Å². The standard InChI is InChI=1S/C9H9BrFNO.C9H9ClFNO.C9H9F2NO/c1-6(12-13-2)8-4-3-7(11)5-9(8)10;1-6(12-13-2)7-3-4-8(10)9(11)5-7;1-6(12-13-2)8-5-7(10)3-4-9(8)11/h3*3-5H,1-2H3/b3*12-6+. The Morgan fingerprint density at radius 3 is 1.69 bits per heavy atom. The maximum absolute atomic E-state index is 13.0. The summed E-state index contributed by atoms with van der Waals surface area (Å²) in [6.45, 7) is 5.06. The van der Waals surface area contributed by atoms with Crippen LogP contribution in [-0.2, 0) is 14.5 Å². The number of rotatable bonds is 6. The molecule has 210 valence electrons. The van der Waals surface area contributed by atoms with E-state index in [9.17, 15) is 17.6 Å². The fraction of sp³-hybridized carbons (Fsp3) is 0.222. The summed E-state index contributed by atoms with van der Waals surface area (Å²) < 4.78 is 52.0. The molecule has 0 atom stereocenters. The van der Waals surface area contributed by atoms with Crippen LogP contribution in [0.2, 0.25) is 5.02 Å². The van der Waals surface area contributed by atoms with Gasteiger partial charge in [0, 0.05) is 21.2 Å². The highest BCUT2D eigenvalue weighted by atomic mass is 79.9. The van der Waals surface area contributed by atoms with E-state index in [2.05, 4.69) is 45.9 Å². The van der Waals surface area contributed by atoms with E-state index in [4.69, 9.17) is 11.6 Å². The number of oxime groups is 3. The Morgan fingerprint density at radius 2 is 1.15 bits per heavy atom. The zero-order valence-corrected chi connectivity index (χ0v) is 24.4. The van der Waals surface area contributed by atoms with Crippen LogP contribution < -0.4 is 0 Å². The second-order valence-electron chi connectivity index (χ2n) is 7.46. The molecule has 0 radical (unpaired) electrons. The van der Waals surface area contributed by atoms with E-state index in [1.54, 1.807) is 32.9 Å². The van der Waals surface area contributed by atoms with E-state index < -0.39 is 17.5 Å². The molecule has 0 saturated carbocycles. The zero-order valence-electron chi connectivity index (χ0n) is 22.0. The molecular weight excluding hydrogens is 606 g/mol. The molecule has 39 heavy (non-hydrogen) atoms. The highest BCUT2D eigenvalue weighted by Crippen LogP contribution is 2.19. The van der Waals surface area contributed by atoms with E-state index >= 15 is 0 Å². The molecule has 0 spiro atoms. The minimum absolute atomic E-state index is 0.106. The van der Waals surface area contributed by atoms with Crippen LogP contribution in [0.25, 0.3) is 0 Å². The molecule has 3 aromatic carbocycles. The van der Waals surface area contributed by atoms with Crippen molar-refractivity contribution < 1.29 is 32.1 Å². The minimum Gasteiger partial charge on any atom is -0.399 e. The normalized spacial score (nSPS) is 11.5. The molecule has 0 unspecified atom stereocenters. The SMILES string of the molecule is CO/N=C(\C)c1cc(F)ccc1F.CO/N=C(\C)c1ccc(Cl)c(F)c1.CO/N=C(\C)c1ccc(F)cc1Br. The Labute approximate surface area is 238 Å². The maximum Gasteiger partial charge on any atom is 0.142 e. The largest absolute Gasteiger partial charge is 0.399 e. The van der Waals surface area contributed by atoms with Crippen molar-refractivity contribution in [3.63, 3.8) is 0 Å². The molecule has 0 fully saturated rings. The van der Waals surface area contributed by atoms with Crippen LogP contribution in [0.4, 0.5) is 17.6 Å². The lowest BCUT2D eigenvalue weighted by molar-refractivity contribution is 0.213. The Bertz CT molecular complexity index is 1340. The van der Waals surface area contributed by atoms with Gasteiger partial charge in [-0.3, -0.25) is 0 Å². The van der Waals surface area contributed by atoms with Gasteiger partial charge >= 0.3 is 0 Å². The average molecular weight is 633 g/mol. The van der Waals surface area contributed by atoms with Gasteiger partial charge in [-0.25, -0.2) is 17.6 Å². The summed E-state index contributed by atoms with van der Waals surface area (Å²) >= 11 is 8.76. The van der Waals surface area contributed by atoms with Crippen LogP contribution in [-0.4, -0.2) is 38.5 Å². The van der Waals surface area contributed by atoms with Crippen molar-refractivity contribution in [2.45, 2.75) is 20.8 Å². The van der Waals surface area contributed by atoms with Crippen LogP contribution >= 0.6 is 27.5 Å². The Hall–Kier alpha value is -3.44. The lowest BCUT2D eigenvalue weighted by Crippen LogP contribution is -2.00. The predicted molar refractivity (Wildman–Crippen MR) is 150 cm³/mol. The van der Waals surface area contributed by atoms with Gasteiger partial charge < -0.3 is 14.5 Å². The molecular formula is C27H27BrClF4N3O3. The quantitative estimate of drug-likeness (QED) is 0.157. The van der Waals surface area contributed by atoms with Gasteiger partial charge in [-0.1, -0.05) is 49.1 Å². The summed E-state index contributed by atoms with van der Waals surface area (Å²) in [4.78, 5) is 13.6. The van der Waals surface area contributed by atoms with Gasteiger partial charge in [0.25, 0.3) is 0 Å². The summed E-state index contributed by atoms with van der Waals surface area (Å²) in [5.41, 5.74) is 3.21. The van der Waals surface area contributed by atoms with Gasteiger partial charge in [0.2, 0.25) is 0 Å². The second kappa shape index (κ2) is 17.2. The van der Waals surface area contributed by atoms with E-state index in [0.29, 0.717) is 27.2 Å². The first kappa shape index (κ1) is 33.6. The van der Waals surface area contributed by atoms with Gasteiger partial charge in [-0.15, -0.1) is 0 Å². The minimum atomic E-state index is -0.514. The Balaban J connectivity index is 0.000000292. The number of hydrogen-bond acceptors (Lipinski definition) is 6. The van der Waals surface area contributed by atoms with Gasteiger partial charge in [0.15, 0.2) is 0 Å². The van der Waals surface area contributed by atoms with Crippen molar-refractivity contribution in [3.05, 3.63) is 104 Å². The van der Waals surface area contributed by atoms with Gasteiger partial charge in [-0.2, -0.15) is 0 Å². The third kappa shape index (κ3) is 11.5. The van der Waals surface area contributed by atoms with Crippen LogP contribution in [0.3, 0.4) is 0 Å². The molecule has 12 heteroatoms. The molecule has 0 aliphatic heterocycles. The number of benzene rings is 3. The van der Waals surface area contributed by atoms with Crippen molar-refractivity contribution in [2.24, 2.45) is 15.5 Å². The summed E-state index contributed by atoms with van der Waals surface area (Å²) in [5, 5.41) is 11.0. The lowest BCUT2D eigenvalue weighted by Gasteiger charge is -2.02. The molecule has 0 saturated heterocycles. The smallest absolute Gasteiger partial charge is 0.142 e. The average Bonchev–Trinajstić information content (AvgIpc) is 2.88. The maximum atomic E-state index is 13.0. The Morgan fingerprint density at radius 1 is 0.641 bits per heavy atom. The first-order valence-corrected chi connectivity index (χ1v) is 12.2. The molecule has 0 heterocycles. The van der Waals surface area contributed by atoms with Crippen LogP contribution in [0.5, 0.6) is 0 Å². The molecule has 0 aliphatic rings. The van der Waals surface area contributed by atoms with Gasteiger partial charge in [-0.05, 0) is 69.3 Å². The third-order valence-corrected chi connectivity index (χ3v) is 5.62. The molecule has 0 bridgehead atoms. The molecule has 3 aromatic rings. The van der Waals surface area contributed by atoms with Crippen molar-refractivity contribution >= 4 is 44.7 Å². The first-order chi connectivity index (χ1) is 18.4. The molecule has 6 nitrogen and oxygen atoms in total. The van der Waals surface area contributed by atoms with Crippen molar-refractivity contribution in [3.8, 4) is 0 Å². The second-order valence-corrected chi connectivity index (χ2v) is 8.72. The van der Waals surface area contributed by atoms with Crippen LogP contribution in [0.1, 0.15) is 37.5 Å². The van der Waals surface area contributed by atoms with E-state index in [1.165, 1.54) is 45.6 Å². The fourth-order valence-electron chi connectivity index (χ4n) is 2.84. The predicted octanol–water partition coefficient (Wildman–Crippen LogP) is 8.14. The van der Waals surface area contributed by atoms with Crippen LogP contribution in [0, 0.1) is 23.3 Å².